The first-order chi connectivity index (χ1) is 15.5. The number of ether oxygens (including phenoxy) is 4. The van der Waals surface area contributed by atoms with E-state index in [9.17, 15) is 0 Å². The SMILES string of the molecule is COc1ccc(CN/N=C/c2cc(Br)c(OCc3ccc(Cl)cc3)c(OC)c2)cc1OC. The molecule has 0 aliphatic heterocycles. The van der Waals surface area contributed by atoms with Crippen molar-refractivity contribution < 1.29 is 18.9 Å². The van der Waals surface area contributed by atoms with Crippen LogP contribution in [0.5, 0.6) is 23.0 Å². The Kier molecular flexibility index (Phi) is 8.64. The van der Waals surface area contributed by atoms with Gasteiger partial charge in [0, 0.05) is 5.02 Å². The molecule has 0 radical (unpaired) electrons. The number of hydrogen-bond acceptors (Lipinski definition) is 6. The van der Waals surface area contributed by atoms with Gasteiger partial charge in [-0.1, -0.05) is 29.8 Å². The standard InChI is InChI=1S/C24H24BrClN2O4/c1-29-21-9-6-17(11-22(21)30-2)13-27-28-14-18-10-20(25)24(23(12-18)31-3)32-15-16-4-7-19(26)8-5-16/h4-12,14,27H,13,15H2,1-3H3/b28-14+. The number of halogens is 2. The van der Waals surface area contributed by atoms with Crippen LogP contribution in [-0.4, -0.2) is 27.5 Å². The summed E-state index contributed by atoms with van der Waals surface area (Å²) < 4.78 is 22.8. The average Bonchev–Trinajstić information content (AvgIpc) is 2.81. The minimum absolute atomic E-state index is 0.395. The number of rotatable bonds is 10. The number of hydrazone groups is 1. The van der Waals surface area contributed by atoms with Crippen LogP contribution in [-0.2, 0) is 13.2 Å². The van der Waals surface area contributed by atoms with Crippen LogP contribution in [0.3, 0.4) is 0 Å². The molecule has 6 nitrogen and oxygen atoms in total. The van der Waals surface area contributed by atoms with Crippen molar-refractivity contribution in [1.29, 1.82) is 0 Å². The van der Waals surface area contributed by atoms with Crippen molar-refractivity contribution in [2.24, 2.45) is 5.10 Å². The topological polar surface area (TPSA) is 61.3 Å². The van der Waals surface area contributed by atoms with E-state index in [0.717, 1.165) is 21.2 Å². The van der Waals surface area contributed by atoms with Gasteiger partial charge in [-0.25, -0.2) is 0 Å². The molecule has 0 aliphatic rings. The number of methoxy groups -OCH3 is 3. The molecule has 0 aliphatic carbocycles. The van der Waals surface area contributed by atoms with E-state index in [4.69, 9.17) is 30.5 Å². The fourth-order valence-electron chi connectivity index (χ4n) is 2.94. The van der Waals surface area contributed by atoms with Crippen molar-refractivity contribution in [1.82, 2.24) is 5.43 Å². The summed E-state index contributed by atoms with van der Waals surface area (Å²) >= 11 is 9.50. The third-order valence-electron chi connectivity index (χ3n) is 4.58. The predicted octanol–water partition coefficient (Wildman–Crippen LogP) is 5.83. The van der Waals surface area contributed by atoms with Crippen molar-refractivity contribution in [3.05, 3.63) is 80.8 Å². The molecule has 3 aromatic carbocycles. The molecule has 0 amide bonds. The van der Waals surface area contributed by atoms with E-state index in [2.05, 4.69) is 26.5 Å². The number of benzene rings is 3. The quantitative estimate of drug-likeness (QED) is 0.270. The summed E-state index contributed by atoms with van der Waals surface area (Å²) in [6.07, 6.45) is 1.72. The lowest BCUT2D eigenvalue weighted by molar-refractivity contribution is 0.282. The summed E-state index contributed by atoms with van der Waals surface area (Å²) in [5.41, 5.74) is 5.92. The molecule has 0 spiro atoms. The Balaban J connectivity index is 1.63. The van der Waals surface area contributed by atoms with Crippen LogP contribution in [0.25, 0.3) is 0 Å². The van der Waals surface area contributed by atoms with Crippen LogP contribution < -0.4 is 24.4 Å². The van der Waals surface area contributed by atoms with E-state index in [1.165, 1.54) is 0 Å². The maximum absolute atomic E-state index is 5.97. The fraction of sp³-hybridized carbons (Fsp3) is 0.208. The average molecular weight is 520 g/mol. The largest absolute Gasteiger partial charge is 0.493 e. The molecule has 0 saturated heterocycles. The summed E-state index contributed by atoms with van der Waals surface area (Å²) in [6.45, 7) is 0.934. The Hall–Kier alpha value is -2.90. The molecule has 0 fully saturated rings. The van der Waals surface area contributed by atoms with Gasteiger partial charge in [0.2, 0.25) is 0 Å². The lowest BCUT2D eigenvalue weighted by atomic mass is 10.2. The van der Waals surface area contributed by atoms with Gasteiger partial charge in [0.05, 0.1) is 38.6 Å². The highest BCUT2D eigenvalue weighted by molar-refractivity contribution is 9.10. The second-order valence-corrected chi connectivity index (χ2v) is 8.02. The van der Waals surface area contributed by atoms with Gasteiger partial charge in [0.1, 0.15) is 6.61 Å². The van der Waals surface area contributed by atoms with E-state index < -0.39 is 0 Å². The van der Waals surface area contributed by atoms with E-state index in [1.807, 2.05) is 54.6 Å². The molecular formula is C24H24BrClN2O4. The van der Waals surface area contributed by atoms with Gasteiger partial charge in [-0.2, -0.15) is 5.10 Å². The summed E-state index contributed by atoms with van der Waals surface area (Å²) in [6, 6.07) is 17.0. The molecular weight excluding hydrogens is 496 g/mol. The zero-order valence-corrected chi connectivity index (χ0v) is 20.4. The lowest BCUT2D eigenvalue weighted by Gasteiger charge is -2.13. The Bertz CT molecular complexity index is 1070. The highest BCUT2D eigenvalue weighted by Crippen LogP contribution is 2.37. The normalized spacial score (nSPS) is 10.8. The van der Waals surface area contributed by atoms with Crippen molar-refractivity contribution in [3.63, 3.8) is 0 Å². The Morgan fingerprint density at radius 3 is 2.25 bits per heavy atom. The van der Waals surface area contributed by atoms with Crippen LogP contribution in [0, 0.1) is 0 Å². The Labute approximate surface area is 201 Å². The van der Waals surface area contributed by atoms with Gasteiger partial charge in [-0.3, -0.25) is 0 Å². The molecule has 0 heterocycles. The summed E-state index contributed by atoms with van der Waals surface area (Å²) in [7, 11) is 4.83. The molecule has 0 aromatic heterocycles. The second-order valence-electron chi connectivity index (χ2n) is 6.73. The first-order valence-corrected chi connectivity index (χ1v) is 10.9. The van der Waals surface area contributed by atoms with Crippen LogP contribution in [0.4, 0.5) is 0 Å². The van der Waals surface area contributed by atoms with E-state index in [-0.39, 0.29) is 0 Å². The minimum Gasteiger partial charge on any atom is -0.493 e. The van der Waals surface area contributed by atoms with Gasteiger partial charge in [0.25, 0.3) is 0 Å². The first kappa shape index (κ1) is 23.8. The van der Waals surface area contributed by atoms with Crippen LogP contribution in [0.1, 0.15) is 16.7 Å². The van der Waals surface area contributed by atoms with Gasteiger partial charge < -0.3 is 24.4 Å². The molecule has 168 valence electrons. The molecule has 1 N–H and O–H groups in total. The van der Waals surface area contributed by atoms with E-state index in [1.54, 1.807) is 27.5 Å². The monoisotopic (exact) mass is 518 g/mol. The molecule has 32 heavy (non-hydrogen) atoms. The number of nitrogens with zero attached hydrogens (tertiary/aromatic N) is 1. The third-order valence-corrected chi connectivity index (χ3v) is 5.43. The maximum atomic E-state index is 5.97. The van der Waals surface area contributed by atoms with Crippen LogP contribution >= 0.6 is 27.5 Å². The van der Waals surface area contributed by atoms with Crippen molar-refractivity contribution >= 4 is 33.7 Å². The molecule has 3 aromatic rings. The Morgan fingerprint density at radius 2 is 1.56 bits per heavy atom. The number of nitrogens with one attached hydrogen (secondary N) is 1. The van der Waals surface area contributed by atoms with Gasteiger partial charge in [-0.05, 0) is 69.0 Å². The zero-order valence-electron chi connectivity index (χ0n) is 18.0. The highest BCUT2D eigenvalue weighted by Gasteiger charge is 2.12. The molecule has 0 atom stereocenters. The summed E-state index contributed by atoms with van der Waals surface area (Å²) in [5, 5.41) is 5.00. The zero-order chi connectivity index (χ0) is 22.9. The van der Waals surface area contributed by atoms with Gasteiger partial charge >= 0.3 is 0 Å². The predicted molar refractivity (Wildman–Crippen MR) is 130 cm³/mol. The molecule has 0 unspecified atom stereocenters. The second kappa shape index (κ2) is 11.6. The van der Waals surface area contributed by atoms with Crippen molar-refractivity contribution in [3.8, 4) is 23.0 Å². The molecule has 3 rings (SSSR count). The van der Waals surface area contributed by atoms with E-state index in [0.29, 0.717) is 41.2 Å². The van der Waals surface area contributed by atoms with Crippen molar-refractivity contribution in [2.45, 2.75) is 13.2 Å². The van der Waals surface area contributed by atoms with Crippen molar-refractivity contribution in [2.75, 3.05) is 21.3 Å². The van der Waals surface area contributed by atoms with E-state index >= 15 is 0 Å². The van der Waals surface area contributed by atoms with Gasteiger partial charge in [-0.15, -0.1) is 0 Å². The lowest BCUT2D eigenvalue weighted by Crippen LogP contribution is -2.06. The first-order valence-electron chi connectivity index (χ1n) is 9.75. The smallest absolute Gasteiger partial charge is 0.175 e. The van der Waals surface area contributed by atoms with Crippen LogP contribution in [0.2, 0.25) is 5.02 Å². The third kappa shape index (κ3) is 6.31. The maximum Gasteiger partial charge on any atom is 0.175 e. The summed E-state index contributed by atoms with van der Waals surface area (Å²) in [4.78, 5) is 0. The minimum atomic E-state index is 0.395. The molecule has 8 heteroatoms. The summed E-state index contributed by atoms with van der Waals surface area (Å²) in [5.74, 6) is 2.60. The molecule has 0 saturated carbocycles. The fourth-order valence-corrected chi connectivity index (χ4v) is 3.64. The van der Waals surface area contributed by atoms with Gasteiger partial charge in [0.15, 0.2) is 23.0 Å². The highest BCUT2D eigenvalue weighted by atomic mass is 79.9. The Morgan fingerprint density at radius 1 is 0.875 bits per heavy atom. The molecule has 0 bridgehead atoms. The van der Waals surface area contributed by atoms with Crippen LogP contribution in [0.15, 0.2) is 64.2 Å². The number of hydrogen-bond donors (Lipinski definition) is 1.